The number of ether oxygens (including phenoxy) is 1. The van der Waals surface area contributed by atoms with Gasteiger partial charge in [0.15, 0.2) is 5.16 Å². The number of hydrogen-bond donors (Lipinski definition) is 0. The number of carbonyl (C=O) groups is 1. The Labute approximate surface area is 136 Å². The lowest BCUT2D eigenvalue weighted by molar-refractivity contribution is 0.0125. The van der Waals surface area contributed by atoms with Gasteiger partial charge in [-0.15, -0.1) is 0 Å². The van der Waals surface area contributed by atoms with Crippen LogP contribution in [0.3, 0.4) is 0 Å². The van der Waals surface area contributed by atoms with Crippen molar-refractivity contribution in [1.82, 2.24) is 14.9 Å². The van der Waals surface area contributed by atoms with E-state index in [1.165, 1.54) is 0 Å². The number of rotatable bonds is 3. The highest BCUT2D eigenvalue weighted by Gasteiger charge is 2.30. The fourth-order valence-electron chi connectivity index (χ4n) is 2.40. The van der Waals surface area contributed by atoms with Crippen LogP contribution in [0.4, 0.5) is 4.79 Å². The summed E-state index contributed by atoms with van der Waals surface area (Å²) >= 11 is 1.61. The zero-order valence-corrected chi connectivity index (χ0v) is 14.7. The van der Waals surface area contributed by atoms with Crippen molar-refractivity contribution in [3.05, 3.63) is 18.0 Å². The number of likely N-dealkylation sites (tertiary alicyclic amines) is 1. The Morgan fingerprint density at radius 1 is 1.45 bits per heavy atom. The molecule has 0 unspecified atom stereocenters. The molecule has 1 saturated heterocycles. The van der Waals surface area contributed by atoms with E-state index in [2.05, 4.69) is 9.97 Å². The smallest absolute Gasteiger partial charge is 0.410 e. The maximum atomic E-state index is 12.4. The van der Waals surface area contributed by atoms with Gasteiger partial charge in [-0.2, -0.15) is 0 Å². The second-order valence-electron chi connectivity index (χ2n) is 6.61. The monoisotopic (exact) mass is 323 g/mol. The van der Waals surface area contributed by atoms with E-state index in [0.717, 1.165) is 42.4 Å². The molecular weight excluding hydrogens is 298 g/mol. The van der Waals surface area contributed by atoms with Crippen LogP contribution >= 0.6 is 11.8 Å². The Hall–Kier alpha value is -1.30. The van der Waals surface area contributed by atoms with Crippen LogP contribution in [-0.4, -0.2) is 44.9 Å². The average molecular weight is 323 g/mol. The molecule has 0 spiro atoms. The van der Waals surface area contributed by atoms with Crippen LogP contribution in [0.25, 0.3) is 0 Å². The average Bonchev–Trinajstić information content (AvgIpc) is 2.44. The van der Waals surface area contributed by atoms with Gasteiger partial charge in [-0.3, -0.25) is 0 Å². The minimum Gasteiger partial charge on any atom is -0.444 e. The molecule has 0 bridgehead atoms. The second-order valence-corrected chi connectivity index (χ2v) is 7.60. The zero-order valence-electron chi connectivity index (χ0n) is 13.8. The fourth-order valence-corrected chi connectivity index (χ4v) is 3.43. The molecule has 1 aromatic rings. The molecule has 22 heavy (non-hydrogen) atoms. The summed E-state index contributed by atoms with van der Waals surface area (Å²) in [5.41, 5.74) is 0.511. The van der Waals surface area contributed by atoms with Gasteiger partial charge in [0.1, 0.15) is 5.60 Å². The fraction of sp³-hybridized carbons (Fsp3) is 0.688. The number of carbonyl (C=O) groups excluding carboxylic acids is 1. The SMILES string of the molecule is Cc1ccnc(SC[C@@H]2CCCCN2C(=O)OC(C)(C)C)n1. The molecule has 1 atom stereocenters. The molecule has 122 valence electrons. The number of nitrogens with zero attached hydrogens (tertiary/aromatic N) is 3. The van der Waals surface area contributed by atoms with Crippen molar-refractivity contribution in [2.75, 3.05) is 12.3 Å². The van der Waals surface area contributed by atoms with Crippen LogP contribution in [0.15, 0.2) is 17.4 Å². The van der Waals surface area contributed by atoms with E-state index >= 15 is 0 Å². The van der Waals surface area contributed by atoms with Gasteiger partial charge < -0.3 is 9.64 Å². The number of aromatic nitrogens is 2. The van der Waals surface area contributed by atoms with Crippen molar-refractivity contribution in [1.29, 1.82) is 0 Å². The summed E-state index contributed by atoms with van der Waals surface area (Å²) in [6.07, 6.45) is 4.78. The molecule has 0 aromatic carbocycles. The molecule has 2 rings (SSSR count). The maximum Gasteiger partial charge on any atom is 0.410 e. The summed E-state index contributed by atoms with van der Waals surface area (Å²) in [6.45, 7) is 8.44. The Bertz CT molecular complexity index is 516. The minimum absolute atomic E-state index is 0.192. The van der Waals surface area contributed by atoms with Crippen LogP contribution in [0, 0.1) is 6.92 Å². The summed E-state index contributed by atoms with van der Waals surface area (Å²) in [5, 5.41) is 0.773. The number of hydrogen-bond acceptors (Lipinski definition) is 5. The third-order valence-corrected chi connectivity index (χ3v) is 4.44. The van der Waals surface area contributed by atoms with Gasteiger partial charge >= 0.3 is 6.09 Å². The van der Waals surface area contributed by atoms with Crippen molar-refractivity contribution in [2.24, 2.45) is 0 Å². The molecule has 2 heterocycles. The quantitative estimate of drug-likeness (QED) is 0.627. The highest BCUT2D eigenvalue weighted by Crippen LogP contribution is 2.25. The van der Waals surface area contributed by atoms with Crippen LogP contribution in [-0.2, 0) is 4.74 Å². The Morgan fingerprint density at radius 2 is 2.23 bits per heavy atom. The van der Waals surface area contributed by atoms with Gasteiger partial charge in [-0.05, 0) is 53.0 Å². The first-order valence-corrected chi connectivity index (χ1v) is 8.76. The third kappa shape index (κ3) is 5.16. The topological polar surface area (TPSA) is 55.3 Å². The summed E-state index contributed by atoms with van der Waals surface area (Å²) in [4.78, 5) is 22.9. The molecule has 1 amide bonds. The largest absolute Gasteiger partial charge is 0.444 e. The van der Waals surface area contributed by atoms with Gasteiger partial charge in [0.25, 0.3) is 0 Å². The molecule has 6 heteroatoms. The van der Waals surface area contributed by atoms with E-state index in [0.29, 0.717) is 0 Å². The standard InChI is InChI=1S/C16H25N3O2S/c1-12-8-9-17-14(18-12)22-11-13-7-5-6-10-19(13)15(20)21-16(2,3)4/h8-9,13H,5-7,10-11H2,1-4H3/t13-/m0/s1. The first kappa shape index (κ1) is 17.1. The summed E-state index contributed by atoms with van der Waals surface area (Å²) in [5.74, 6) is 0.808. The number of aryl methyl sites for hydroxylation is 1. The number of thioether (sulfide) groups is 1. The molecule has 0 saturated carbocycles. The predicted octanol–water partition coefficient (Wildman–Crippen LogP) is 3.67. The maximum absolute atomic E-state index is 12.4. The summed E-state index contributed by atoms with van der Waals surface area (Å²) in [7, 11) is 0. The molecule has 0 aliphatic carbocycles. The Morgan fingerprint density at radius 3 is 2.91 bits per heavy atom. The summed E-state index contributed by atoms with van der Waals surface area (Å²) < 4.78 is 5.53. The van der Waals surface area contributed by atoms with Crippen LogP contribution in [0.5, 0.6) is 0 Å². The van der Waals surface area contributed by atoms with Crippen molar-refractivity contribution in [2.45, 2.75) is 63.8 Å². The minimum atomic E-state index is -0.453. The molecular formula is C16H25N3O2S. The Balaban J connectivity index is 1.96. The highest BCUT2D eigenvalue weighted by molar-refractivity contribution is 7.99. The van der Waals surface area contributed by atoms with Gasteiger partial charge in [-0.1, -0.05) is 11.8 Å². The van der Waals surface area contributed by atoms with E-state index in [1.54, 1.807) is 18.0 Å². The van der Waals surface area contributed by atoms with Gasteiger partial charge in [0.2, 0.25) is 0 Å². The molecule has 5 nitrogen and oxygen atoms in total. The first-order chi connectivity index (χ1) is 10.3. The Kier molecular flexibility index (Phi) is 5.67. The number of amides is 1. The van der Waals surface area contributed by atoms with Gasteiger partial charge in [0, 0.05) is 30.2 Å². The van der Waals surface area contributed by atoms with Crippen molar-refractivity contribution in [3.63, 3.8) is 0 Å². The van der Waals surface area contributed by atoms with E-state index in [1.807, 2.05) is 38.7 Å². The molecule has 1 fully saturated rings. The second kappa shape index (κ2) is 7.31. The highest BCUT2D eigenvalue weighted by atomic mass is 32.2. The molecule has 1 aliphatic heterocycles. The summed E-state index contributed by atoms with van der Waals surface area (Å²) in [6, 6.07) is 2.08. The van der Waals surface area contributed by atoms with Crippen LogP contribution in [0.2, 0.25) is 0 Å². The van der Waals surface area contributed by atoms with Gasteiger partial charge in [-0.25, -0.2) is 14.8 Å². The lowest BCUT2D eigenvalue weighted by Gasteiger charge is -2.36. The van der Waals surface area contributed by atoms with Crippen LogP contribution in [0.1, 0.15) is 45.7 Å². The van der Waals surface area contributed by atoms with Crippen LogP contribution < -0.4 is 0 Å². The van der Waals surface area contributed by atoms with E-state index in [-0.39, 0.29) is 12.1 Å². The van der Waals surface area contributed by atoms with Crippen molar-refractivity contribution < 1.29 is 9.53 Å². The number of piperidine rings is 1. The molecule has 0 N–H and O–H groups in total. The lowest BCUT2D eigenvalue weighted by Crippen LogP contribution is -2.47. The lowest BCUT2D eigenvalue weighted by atomic mass is 10.0. The molecule has 1 aromatic heterocycles. The molecule has 0 radical (unpaired) electrons. The normalized spacial score (nSPS) is 19.1. The zero-order chi connectivity index (χ0) is 16.2. The predicted molar refractivity (Wildman–Crippen MR) is 88.1 cm³/mol. The van der Waals surface area contributed by atoms with Gasteiger partial charge in [0.05, 0.1) is 0 Å². The van der Waals surface area contributed by atoms with E-state index in [4.69, 9.17) is 4.74 Å². The van der Waals surface area contributed by atoms with E-state index < -0.39 is 5.60 Å². The van der Waals surface area contributed by atoms with Crippen molar-refractivity contribution >= 4 is 17.9 Å². The molecule has 1 aliphatic rings. The van der Waals surface area contributed by atoms with E-state index in [9.17, 15) is 4.79 Å². The third-order valence-electron chi connectivity index (χ3n) is 3.43. The van der Waals surface area contributed by atoms with Crippen molar-refractivity contribution in [3.8, 4) is 0 Å². The first-order valence-electron chi connectivity index (χ1n) is 7.77.